The number of amides is 1. The highest BCUT2D eigenvalue weighted by Crippen LogP contribution is 2.05. The fraction of sp³-hybridized carbons (Fsp3) is 0.900. The average Bonchev–Trinajstić information content (AvgIpc) is 2.06. The van der Waals surface area contributed by atoms with Gasteiger partial charge in [-0.3, -0.25) is 4.79 Å². The molecule has 0 spiro atoms. The molecular weight excluding hydrogens is 166 g/mol. The van der Waals surface area contributed by atoms with Crippen molar-refractivity contribution in [2.45, 2.75) is 27.2 Å². The van der Waals surface area contributed by atoms with Gasteiger partial charge in [0.1, 0.15) is 0 Å². The molecule has 3 nitrogen and oxygen atoms in total. The molecule has 78 valence electrons. The largest absolute Gasteiger partial charge is 0.384 e. The monoisotopic (exact) mass is 187 g/mol. The maximum Gasteiger partial charge on any atom is 0.222 e. The Bertz CT molecular complexity index is 144. The molecule has 0 saturated heterocycles. The number of hydrogen-bond donors (Lipinski definition) is 0. The highest BCUT2D eigenvalue weighted by molar-refractivity contribution is 5.76. The Morgan fingerprint density at radius 3 is 2.31 bits per heavy atom. The first kappa shape index (κ1) is 12.4. The van der Waals surface area contributed by atoms with Crippen molar-refractivity contribution in [3.8, 4) is 0 Å². The van der Waals surface area contributed by atoms with Crippen molar-refractivity contribution in [1.29, 1.82) is 0 Å². The van der Waals surface area contributed by atoms with Gasteiger partial charge in [0, 0.05) is 33.2 Å². The standard InChI is InChI=1S/C10H21NO2/c1-5-11(6-2)10(12)7-9(3)8-13-4/h9H,5-8H2,1-4H3. The van der Waals surface area contributed by atoms with Gasteiger partial charge in [-0.2, -0.15) is 0 Å². The van der Waals surface area contributed by atoms with E-state index in [0.717, 1.165) is 13.1 Å². The number of rotatable bonds is 6. The fourth-order valence-electron chi connectivity index (χ4n) is 1.35. The molecule has 13 heavy (non-hydrogen) atoms. The van der Waals surface area contributed by atoms with Crippen LogP contribution in [0.15, 0.2) is 0 Å². The lowest BCUT2D eigenvalue weighted by molar-refractivity contribution is -0.132. The van der Waals surface area contributed by atoms with Crippen LogP contribution in [0.1, 0.15) is 27.2 Å². The molecule has 0 aromatic rings. The van der Waals surface area contributed by atoms with Crippen molar-refractivity contribution < 1.29 is 9.53 Å². The van der Waals surface area contributed by atoms with Gasteiger partial charge in [0.2, 0.25) is 5.91 Å². The summed E-state index contributed by atoms with van der Waals surface area (Å²) in [5.41, 5.74) is 0. The molecule has 0 radical (unpaired) electrons. The van der Waals surface area contributed by atoms with E-state index in [1.807, 2.05) is 25.7 Å². The first-order valence-corrected chi connectivity index (χ1v) is 4.92. The summed E-state index contributed by atoms with van der Waals surface area (Å²) in [7, 11) is 1.67. The van der Waals surface area contributed by atoms with Gasteiger partial charge >= 0.3 is 0 Å². The maximum atomic E-state index is 11.6. The number of nitrogens with zero attached hydrogens (tertiary/aromatic N) is 1. The lowest BCUT2D eigenvalue weighted by Gasteiger charge is -2.20. The smallest absolute Gasteiger partial charge is 0.222 e. The van der Waals surface area contributed by atoms with E-state index < -0.39 is 0 Å². The SMILES string of the molecule is CCN(CC)C(=O)CC(C)COC. The Balaban J connectivity index is 3.83. The Kier molecular flexibility index (Phi) is 6.59. The second-order valence-electron chi connectivity index (χ2n) is 3.33. The Morgan fingerprint density at radius 2 is 1.92 bits per heavy atom. The Hall–Kier alpha value is -0.570. The summed E-state index contributed by atoms with van der Waals surface area (Å²) in [4.78, 5) is 13.4. The van der Waals surface area contributed by atoms with Gasteiger partial charge in [-0.05, 0) is 19.8 Å². The summed E-state index contributed by atoms with van der Waals surface area (Å²) < 4.78 is 4.98. The predicted octanol–water partition coefficient (Wildman–Crippen LogP) is 1.53. The van der Waals surface area contributed by atoms with Crippen LogP contribution in [-0.4, -0.2) is 37.6 Å². The lowest BCUT2D eigenvalue weighted by Crippen LogP contribution is -2.32. The highest BCUT2D eigenvalue weighted by Gasteiger charge is 2.13. The van der Waals surface area contributed by atoms with Crippen LogP contribution in [0.4, 0.5) is 0 Å². The van der Waals surface area contributed by atoms with Crippen molar-refractivity contribution in [3.63, 3.8) is 0 Å². The fourth-order valence-corrected chi connectivity index (χ4v) is 1.35. The number of carbonyl (C=O) groups excluding carboxylic acids is 1. The van der Waals surface area contributed by atoms with E-state index >= 15 is 0 Å². The molecule has 1 unspecified atom stereocenters. The van der Waals surface area contributed by atoms with Crippen LogP contribution in [-0.2, 0) is 9.53 Å². The molecule has 0 rings (SSSR count). The molecule has 1 atom stereocenters. The molecule has 0 aromatic carbocycles. The zero-order valence-electron chi connectivity index (χ0n) is 9.17. The second-order valence-corrected chi connectivity index (χ2v) is 3.33. The topological polar surface area (TPSA) is 29.5 Å². The highest BCUT2D eigenvalue weighted by atomic mass is 16.5. The molecule has 0 bridgehead atoms. The summed E-state index contributed by atoms with van der Waals surface area (Å²) in [5.74, 6) is 0.549. The van der Waals surface area contributed by atoms with E-state index in [0.29, 0.717) is 18.9 Å². The molecule has 0 N–H and O–H groups in total. The van der Waals surface area contributed by atoms with E-state index in [1.54, 1.807) is 7.11 Å². The molecule has 0 aliphatic rings. The van der Waals surface area contributed by atoms with Crippen LogP contribution in [0.25, 0.3) is 0 Å². The van der Waals surface area contributed by atoms with E-state index in [2.05, 4.69) is 0 Å². The van der Waals surface area contributed by atoms with Crippen LogP contribution < -0.4 is 0 Å². The first-order chi connectivity index (χ1) is 6.15. The number of methoxy groups -OCH3 is 1. The molecule has 0 aliphatic heterocycles. The molecule has 0 fully saturated rings. The van der Waals surface area contributed by atoms with Crippen LogP contribution in [0.2, 0.25) is 0 Å². The molecule has 3 heteroatoms. The van der Waals surface area contributed by atoms with Crippen molar-refractivity contribution in [1.82, 2.24) is 4.90 Å². The van der Waals surface area contributed by atoms with Gasteiger partial charge < -0.3 is 9.64 Å². The minimum Gasteiger partial charge on any atom is -0.384 e. The van der Waals surface area contributed by atoms with Gasteiger partial charge in [0.15, 0.2) is 0 Å². The summed E-state index contributed by atoms with van der Waals surface area (Å²) in [5, 5.41) is 0. The van der Waals surface area contributed by atoms with Crippen molar-refractivity contribution in [2.75, 3.05) is 26.8 Å². The van der Waals surface area contributed by atoms with Crippen molar-refractivity contribution in [3.05, 3.63) is 0 Å². The summed E-state index contributed by atoms with van der Waals surface area (Å²) >= 11 is 0. The molecule has 1 amide bonds. The van der Waals surface area contributed by atoms with Gasteiger partial charge in [-0.15, -0.1) is 0 Å². The first-order valence-electron chi connectivity index (χ1n) is 4.92. The van der Waals surface area contributed by atoms with Crippen LogP contribution in [0.5, 0.6) is 0 Å². The predicted molar refractivity (Wildman–Crippen MR) is 53.6 cm³/mol. The third-order valence-corrected chi connectivity index (χ3v) is 2.09. The number of carbonyl (C=O) groups is 1. The van der Waals surface area contributed by atoms with Crippen LogP contribution >= 0.6 is 0 Å². The average molecular weight is 187 g/mol. The minimum absolute atomic E-state index is 0.231. The van der Waals surface area contributed by atoms with Gasteiger partial charge in [-0.1, -0.05) is 6.92 Å². The van der Waals surface area contributed by atoms with E-state index in [4.69, 9.17) is 4.74 Å². The minimum atomic E-state index is 0.231. The van der Waals surface area contributed by atoms with Crippen LogP contribution in [0.3, 0.4) is 0 Å². The second kappa shape index (κ2) is 6.89. The third-order valence-electron chi connectivity index (χ3n) is 2.09. The molecule has 0 aliphatic carbocycles. The summed E-state index contributed by atoms with van der Waals surface area (Å²) in [6.07, 6.45) is 0.593. The van der Waals surface area contributed by atoms with Crippen LogP contribution in [0, 0.1) is 5.92 Å². The quantitative estimate of drug-likeness (QED) is 0.631. The summed E-state index contributed by atoms with van der Waals surface area (Å²) in [6.45, 7) is 8.30. The lowest BCUT2D eigenvalue weighted by atomic mass is 10.1. The normalized spacial score (nSPS) is 12.6. The van der Waals surface area contributed by atoms with E-state index in [-0.39, 0.29) is 5.91 Å². The van der Waals surface area contributed by atoms with Gasteiger partial charge in [0.05, 0.1) is 0 Å². The van der Waals surface area contributed by atoms with E-state index in [1.165, 1.54) is 0 Å². The van der Waals surface area contributed by atoms with Crippen molar-refractivity contribution in [2.24, 2.45) is 5.92 Å². The zero-order chi connectivity index (χ0) is 10.3. The molecule has 0 heterocycles. The summed E-state index contributed by atoms with van der Waals surface area (Å²) in [6, 6.07) is 0. The number of ether oxygens (including phenoxy) is 1. The van der Waals surface area contributed by atoms with Crippen molar-refractivity contribution >= 4 is 5.91 Å². The maximum absolute atomic E-state index is 11.6. The molecule has 0 saturated carbocycles. The third kappa shape index (κ3) is 4.88. The molecular formula is C10H21NO2. The zero-order valence-corrected chi connectivity index (χ0v) is 9.17. The van der Waals surface area contributed by atoms with E-state index in [9.17, 15) is 4.79 Å². The Labute approximate surface area is 81.1 Å². The molecule has 0 aromatic heterocycles. The van der Waals surface area contributed by atoms with Gasteiger partial charge in [0.25, 0.3) is 0 Å². The Morgan fingerprint density at radius 1 is 1.38 bits per heavy atom. The van der Waals surface area contributed by atoms with Gasteiger partial charge in [-0.25, -0.2) is 0 Å². The number of hydrogen-bond acceptors (Lipinski definition) is 2.